The number of likely N-dealkylation sites (tertiary alicyclic amines) is 1. The third-order valence-corrected chi connectivity index (χ3v) is 7.20. The first-order valence-corrected chi connectivity index (χ1v) is 13.2. The van der Waals surface area contributed by atoms with Gasteiger partial charge in [0, 0.05) is 32.2 Å². The Morgan fingerprint density at radius 2 is 1.61 bits per heavy atom. The van der Waals surface area contributed by atoms with Crippen LogP contribution in [0.5, 0.6) is 0 Å². The van der Waals surface area contributed by atoms with Crippen molar-refractivity contribution in [2.75, 3.05) is 45.9 Å². The van der Waals surface area contributed by atoms with E-state index in [0.29, 0.717) is 39.0 Å². The number of carbonyl (C=O) groups excluding carboxylic acids is 4. The molecule has 4 amide bonds. The van der Waals surface area contributed by atoms with E-state index in [-0.39, 0.29) is 38.6 Å². The number of hydrogen-bond donors (Lipinski definition) is 3. The zero-order valence-corrected chi connectivity index (χ0v) is 22.2. The molecule has 210 valence electrons. The van der Waals surface area contributed by atoms with Gasteiger partial charge in [-0.05, 0) is 71.7 Å². The third-order valence-electron chi connectivity index (χ3n) is 7.20. The molecule has 12 heteroatoms. The maximum atomic E-state index is 15.0. The number of carbonyl (C=O) groups is 4. The molecule has 1 aromatic rings. The number of hydrogen-bond acceptors (Lipinski definition) is 6. The van der Waals surface area contributed by atoms with Crippen LogP contribution in [0.4, 0.5) is 13.6 Å². The van der Waals surface area contributed by atoms with Crippen LogP contribution >= 0.6 is 0 Å². The Morgan fingerprint density at radius 1 is 1.03 bits per heavy atom. The lowest BCUT2D eigenvalue weighted by molar-refractivity contribution is -0.129. The number of nitrogens with one attached hydrogen (secondary N) is 3. The quantitative estimate of drug-likeness (QED) is 0.467. The van der Waals surface area contributed by atoms with Gasteiger partial charge in [-0.2, -0.15) is 0 Å². The summed E-state index contributed by atoms with van der Waals surface area (Å²) in [6.07, 6.45) is 1.07. The van der Waals surface area contributed by atoms with Gasteiger partial charge in [0.15, 0.2) is 0 Å². The summed E-state index contributed by atoms with van der Waals surface area (Å²) < 4.78 is 34.8. The number of piperidine rings is 2. The van der Waals surface area contributed by atoms with E-state index < -0.39 is 52.1 Å². The van der Waals surface area contributed by atoms with Crippen molar-refractivity contribution >= 4 is 23.8 Å². The smallest absolute Gasteiger partial charge is 0.409 e. The molecule has 0 aliphatic carbocycles. The summed E-state index contributed by atoms with van der Waals surface area (Å²) in [5.74, 6) is -4.31. The Balaban J connectivity index is 1.81. The molecule has 0 spiro atoms. The summed E-state index contributed by atoms with van der Waals surface area (Å²) in [4.78, 5) is 54.8. The zero-order valence-electron chi connectivity index (χ0n) is 22.2. The first-order valence-electron chi connectivity index (χ1n) is 13.2. The second-order valence-electron chi connectivity index (χ2n) is 9.48. The molecule has 0 bridgehead atoms. The van der Waals surface area contributed by atoms with Gasteiger partial charge in [-0.3, -0.25) is 14.4 Å². The fourth-order valence-electron chi connectivity index (χ4n) is 4.94. The second kappa shape index (κ2) is 13.0. The molecule has 2 fully saturated rings. The molecule has 0 saturated carbocycles. The van der Waals surface area contributed by atoms with Crippen molar-refractivity contribution < 1.29 is 32.7 Å². The van der Waals surface area contributed by atoms with Crippen LogP contribution < -0.4 is 16.0 Å². The normalized spacial score (nSPS) is 17.4. The molecule has 2 saturated heterocycles. The van der Waals surface area contributed by atoms with Gasteiger partial charge in [0.2, 0.25) is 5.91 Å². The van der Waals surface area contributed by atoms with E-state index in [9.17, 15) is 28.0 Å². The number of ether oxygens (including phenoxy) is 1. The molecule has 2 aliphatic rings. The standard InChI is InChI=1S/C26H37F2N5O5/c1-4-32(5-2)23(35)21-19(28)8-7-18(27)20(21)22(34)31-26(11-13-29-14-12-26)24(36)30-17-9-15-33(16-10-17)25(37)38-6-3/h7-8,17,29H,4-6,9-16H2,1-3H3,(H,30,36)(H,31,34). The maximum Gasteiger partial charge on any atom is 0.409 e. The van der Waals surface area contributed by atoms with Gasteiger partial charge in [0.05, 0.1) is 17.7 Å². The summed E-state index contributed by atoms with van der Waals surface area (Å²) in [6.45, 7) is 7.58. The van der Waals surface area contributed by atoms with Gasteiger partial charge in [-0.15, -0.1) is 0 Å². The SMILES string of the molecule is CCOC(=O)N1CCC(NC(=O)C2(NC(=O)c3c(F)ccc(F)c3C(=O)N(CC)CC)CCNCC2)CC1. The lowest BCUT2D eigenvalue weighted by Gasteiger charge is -2.39. The Kier molecular flexibility index (Phi) is 10.0. The largest absolute Gasteiger partial charge is 0.450 e. The fourth-order valence-corrected chi connectivity index (χ4v) is 4.94. The molecule has 3 N–H and O–H groups in total. The van der Waals surface area contributed by atoms with Crippen molar-refractivity contribution in [1.29, 1.82) is 0 Å². The Labute approximate surface area is 221 Å². The highest BCUT2D eigenvalue weighted by molar-refractivity contribution is 6.09. The Morgan fingerprint density at radius 3 is 2.16 bits per heavy atom. The summed E-state index contributed by atoms with van der Waals surface area (Å²) in [5, 5.41) is 8.78. The number of benzene rings is 1. The number of rotatable bonds is 8. The van der Waals surface area contributed by atoms with E-state index in [2.05, 4.69) is 16.0 Å². The molecule has 0 unspecified atom stereocenters. The molecular formula is C26H37F2N5O5. The van der Waals surface area contributed by atoms with Crippen molar-refractivity contribution in [3.05, 3.63) is 34.9 Å². The molecule has 10 nitrogen and oxygen atoms in total. The first kappa shape index (κ1) is 29.3. The molecule has 0 aromatic heterocycles. The van der Waals surface area contributed by atoms with Gasteiger partial charge in [-0.1, -0.05) is 0 Å². The summed E-state index contributed by atoms with van der Waals surface area (Å²) >= 11 is 0. The molecule has 0 radical (unpaired) electrons. The van der Waals surface area contributed by atoms with Gasteiger partial charge in [0.1, 0.15) is 17.2 Å². The minimum atomic E-state index is -1.38. The molecular weight excluding hydrogens is 500 g/mol. The van der Waals surface area contributed by atoms with Crippen molar-refractivity contribution in [2.45, 2.75) is 58.0 Å². The average molecular weight is 538 g/mol. The minimum Gasteiger partial charge on any atom is -0.450 e. The van der Waals surface area contributed by atoms with Crippen LogP contribution in [0, 0.1) is 11.6 Å². The number of amides is 4. The fraction of sp³-hybridized carbons (Fsp3) is 0.615. The number of nitrogens with zero attached hydrogens (tertiary/aromatic N) is 2. The Bertz CT molecular complexity index is 1040. The van der Waals surface area contributed by atoms with Gasteiger partial charge < -0.3 is 30.5 Å². The Hall–Kier alpha value is -3.28. The summed E-state index contributed by atoms with van der Waals surface area (Å²) in [6, 6.07) is 1.39. The minimum absolute atomic E-state index is 0.225. The lowest BCUT2D eigenvalue weighted by atomic mass is 9.86. The van der Waals surface area contributed by atoms with Crippen LogP contribution in [-0.2, 0) is 9.53 Å². The molecule has 3 rings (SSSR count). The molecule has 2 aliphatic heterocycles. The summed E-state index contributed by atoms with van der Waals surface area (Å²) in [5.41, 5.74) is -2.74. The van der Waals surface area contributed by atoms with Gasteiger partial charge in [0.25, 0.3) is 11.8 Å². The van der Waals surface area contributed by atoms with E-state index in [0.717, 1.165) is 12.1 Å². The van der Waals surface area contributed by atoms with E-state index in [4.69, 9.17) is 4.74 Å². The first-order chi connectivity index (χ1) is 18.2. The topological polar surface area (TPSA) is 120 Å². The molecule has 0 atom stereocenters. The highest BCUT2D eigenvalue weighted by Crippen LogP contribution is 2.25. The van der Waals surface area contributed by atoms with Crippen LogP contribution in [-0.4, -0.2) is 91.1 Å². The van der Waals surface area contributed by atoms with Crippen molar-refractivity contribution in [1.82, 2.24) is 25.8 Å². The van der Waals surface area contributed by atoms with Crippen LogP contribution in [0.25, 0.3) is 0 Å². The third kappa shape index (κ3) is 6.40. The number of halogens is 2. The van der Waals surface area contributed by atoms with E-state index in [1.165, 1.54) is 4.90 Å². The van der Waals surface area contributed by atoms with E-state index in [1.807, 2.05) is 0 Å². The van der Waals surface area contributed by atoms with Gasteiger partial charge in [-0.25, -0.2) is 13.6 Å². The van der Waals surface area contributed by atoms with Crippen molar-refractivity contribution in [3.63, 3.8) is 0 Å². The van der Waals surface area contributed by atoms with E-state index in [1.54, 1.807) is 25.7 Å². The molecule has 1 aromatic carbocycles. The zero-order chi connectivity index (χ0) is 27.9. The highest BCUT2D eigenvalue weighted by Gasteiger charge is 2.43. The predicted molar refractivity (Wildman–Crippen MR) is 136 cm³/mol. The monoisotopic (exact) mass is 537 g/mol. The maximum absolute atomic E-state index is 15.0. The van der Waals surface area contributed by atoms with Gasteiger partial charge >= 0.3 is 6.09 Å². The van der Waals surface area contributed by atoms with Crippen LogP contribution in [0.3, 0.4) is 0 Å². The van der Waals surface area contributed by atoms with Crippen molar-refractivity contribution in [3.8, 4) is 0 Å². The highest BCUT2D eigenvalue weighted by atomic mass is 19.1. The molecule has 38 heavy (non-hydrogen) atoms. The summed E-state index contributed by atoms with van der Waals surface area (Å²) in [7, 11) is 0. The van der Waals surface area contributed by atoms with Crippen LogP contribution in [0.2, 0.25) is 0 Å². The lowest BCUT2D eigenvalue weighted by Crippen LogP contribution is -2.64. The van der Waals surface area contributed by atoms with Crippen LogP contribution in [0.1, 0.15) is 67.2 Å². The average Bonchev–Trinajstić information content (AvgIpc) is 2.91. The van der Waals surface area contributed by atoms with Crippen molar-refractivity contribution in [2.24, 2.45) is 0 Å². The second-order valence-corrected chi connectivity index (χ2v) is 9.48. The molecule has 2 heterocycles. The predicted octanol–water partition coefficient (Wildman–Crippen LogP) is 2.04. The van der Waals surface area contributed by atoms with E-state index >= 15 is 0 Å². The van der Waals surface area contributed by atoms with Crippen LogP contribution in [0.15, 0.2) is 12.1 Å².